The van der Waals surface area contributed by atoms with Crippen molar-refractivity contribution in [2.75, 3.05) is 5.32 Å². The predicted octanol–water partition coefficient (Wildman–Crippen LogP) is 5.79. The first kappa shape index (κ1) is 20.7. The lowest BCUT2D eigenvalue weighted by Crippen LogP contribution is -2.34. The number of hydrogen-bond acceptors (Lipinski definition) is 5. The SMILES string of the molecule is Cc1cc(NC(=S)NC(=O)c2ccc3ccccc3c2)cc(-c2nc3ccccc3o2)c1O. The number of anilines is 1. The third-order valence-corrected chi connectivity index (χ3v) is 5.53. The van der Waals surface area contributed by atoms with Crippen LogP contribution in [0, 0.1) is 6.92 Å². The first-order valence-electron chi connectivity index (χ1n) is 10.3. The molecule has 0 aliphatic heterocycles. The fourth-order valence-electron chi connectivity index (χ4n) is 3.67. The van der Waals surface area contributed by atoms with Gasteiger partial charge in [0.05, 0.1) is 5.56 Å². The summed E-state index contributed by atoms with van der Waals surface area (Å²) >= 11 is 5.35. The first-order valence-corrected chi connectivity index (χ1v) is 10.7. The van der Waals surface area contributed by atoms with Gasteiger partial charge in [-0.15, -0.1) is 0 Å². The number of rotatable bonds is 3. The average Bonchev–Trinajstić information content (AvgIpc) is 3.25. The van der Waals surface area contributed by atoms with E-state index in [0.29, 0.717) is 39.4 Å². The number of phenols is 1. The summed E-state index contributed by atoms with van der Waals surface area (Å²) in [5, 5.41) is 18.5. The van der Waals surface area contributed by atoms with Crippen LogP contribution in [0.25, 0.3) is 33.3 Å². The van der Waals surface area contributed by atoms with E-state index in [-0.39, 0.29) is 16.8 Å². The number of aromatic nitrogens is 1. The van der Waals surface area contributed by atoms with E-state index in [9.17, 15) is 9.90 Å². The van der Waals surface area contributed by atoms with Gasteiger partial charge in [0.1, 0.15) is 11.3 Å². The molecule has 4 aromatic carbocycles. The number of hydrogen-bond donors (Lipinski definition) is 3. The summed E-state index contributed by atoms with van der Waals surface area (Å²) < 4.78 is 5.81. The van der Waals surface area contributed by atoms with Crippen molar-refractivity contribution >= 4 is 50.8 Å². The number of nitrogens with one attached hydrogen (secondary N) is 2. The lowest BCUT2D eigenvalue weighted by atomic mass is 10.1. The van der Waals surface area contributed by atoms with Crippen LogP contribution in [0.1, 0.15) is 15.9 Å². The average molecular weight is 454 g/mol. The molecule has 6 nitrogen and oxygen atoms in total. The number of nitrogens with zero attached hydrogens (tertiary/aromatic N) is 1. The number of aromatic hydroxyl groups is 1. The summed E-state index contributed by atoms with van der Waals surface area (Å²) in [6, 6.07) is 24.1. The van der Waals surface area contributed by atoms with Gasteiger partial charge in [0, 0.05) is 11.3 Å². The Bertz CT molecular complexity index is 1510. The van der Waals surface area contributed by atoms with E-state index >= 15 is 0 Å². The van der Waals surface area contributed by atoms with E-state index in [0.717, 1.165) is 10.8 Å². The van der Waals surface area contributed by atoms with Crippen LogP contribution in [-0.2, 0) is 0 Å². The zero-order valence-electron chi connectivity index (χ0n) is 17.6. The molecule has 162 valence electrons. The molecule has 0 spiro atoms. The Morgan fingerprint density at radius 2 is 1.73 bits per heavy atom. The zero-order valence-corrected chi connectivity index (χ0v) is 18.4. The standard InChI is InChI=1S/C26H19N3O3S/c1-15-12-19(14-20(23(15)30)25-28-21-8-4-5-9-22(21)32-25)27-26(33)29-24(31)18-11-10-16-6-2-3-7-17(16)13-18/h2-14,30H,1H3,(H2,27,29,31,33). The van der Waals surface area contributed by atoms with Crippen molar-refractivity contribution in [1.29, 1.82) is 0 Å². The molecule has 5 rings (SSSR count). The molecule has 1 aromatic heterocycles. The van der Waals surface area contributed by atoms with E-state index in [4.69, 9.17) is 16.6 Å². The summed E-state index contributed by atoms with van der Waals surface area (Å²) in [7, 11) is 0. The number of para-hydroxylation sites is 2. The molecule has 0 aliphatic carbocycles. The fourth-order valence-corrected chi connectivity index (χ4v) is 3.88. The second-order valence-corrected chi connectivity index (χ2v) is 8.05. The maximum absolute atomic E-state index is 12.7. The van der Waals surface area contributed by atoms with Gasteiger partial charge in [-0.2, -0.15) is 0 Å². The molecule has 1 amide bonds. The van der Waals surface area contributed by atoms with Gasteiger partial charge in [0.2, 0.25) is 5.89 Å². The van der Waals surface area contributed by atoms with Gasteiger partial charge in [0.15, 0.2) is 10.7 Å². The lowest BCUT2D eigenvalue weighted by Gasteiger charge is -2.13. The quantitative estimate of drug-likeness (QED) is 0.237. The number of oxazole rings is 1. The molecule has 1 heterocycles. The molecule has 0 unspecified atom stereocenters. The second kappa shape index (κ2) is 8.37. The van der Waals surface area contributed by atoms with Gasteiger partial charge in [-0.25, -0.2) is 4.98 Å². The van der Waals surface area contributed by atoms with Crippen LogP contribution < -0.4 is 10.6 Å². The summed E-state index contributed by atoms with van der Waals surface area (Å²) in [5.74, 6) is 0.0534. The van der Waals surface area contributed by atoms with E-state index < -0.39 is 0 Å². The molecule has 0 radical (unpaired) electrons. The van der Waals surface area contributed by atoms with Gasteiger partial charge in [-0.1, -0.05) is 42.5 Å². The minimum absolute atomic E-state index is 0.0678. The maximum atomic E-state index is 12.7. The molecule has 3 N–H and O–H groups in total. The predicted molar refractivity (Wildman–Crippen MR) is 133 cm³/mol. The number of amides is 1. The van der Waals surface area contributed by atoms with Crippen molar-refractivity contribution in [2.24, 2.45) is 0 Å². The smallest absolute Gasteiger partial charge is 0.257 e. The van der Waals surface area contributed by atoms with Crippen LogP contribution in [-0.4, -0.2) is 21.1 Å². The number of carbonyl (C=O) groups excluding carboxylic acids is 1. The molecular formula is C26H19N3O3S. The van der Waals surface area contributed by atoms with E-state index in [1.54, 1.807) is 25.1 Å². The lowest BCUT2D eigenvalue weighted by molar-refractivity contribution is 0.0978. The third-order valence-electron chi connectivity index (χ3n) is 5.32. The number of fused-ring (bicyclic) bond motifs is 2. The zero-order chi connectivity index (χ0) is 22.9. The van der Waals surface area contributed by atoms with Crippen LogP contribution in [0.4, 0.5) is 5.69 Å². The summed E-state index contributed by atoms with van der Waals surface area (Å²) in [6.07, 6.45) is 0. The van der Waals surface area contributed by atoms with E-state index in [1.807, 2.05) is 60.7 Å². The Labute approximate surface area is 194 Å². The molecule has 0 saturated heterocycles. The normalized spacial score (nSPS) is 10.9. The molecule has 0 saturated carbocycles. The molecule has 0 aliphatic rings. The summed E-state index contributed by atoms with van der Waals surface area (Å²) in [4.78, 5) is 17.2. The minimum atomic E-state index is -0.312. The molecule has 0 fully saturated rings. The Balaban J connectivity index is 1.37. The Morgan fingerprint density at radius 1 is 0.970 bits per heavy atom. The number of benzene rings is 4. The van der Waals surface area contributed by atoms with Crippen LogP contribution >= 0.6 is 12.2 Å². The van der Waals surface area contributed by atoms with Crippen LogP contribution in [0.5, 0.6) is 5.75 Å². The van der Waals surface area contributed by atoms with Gasteiger partial charge in [-0.3, -0.25) is 10.1 Å². The van der Waals surface area contributed by atoms with Crippen molar-refractivity contribution in [3.63, 3.8) is 0 Å². The summed E-state index contributed by atoms with van der Waals surface area (Å²) in [6.45, 7) is 1.77. The van der Waals surface area contributed by atoms with E-state index in [2.05, 4.69) is 15.6 Å². The number of phenolic OH excluding ortho intramolecular Hbond substituents is 1. The summed E-state index contributed by atoms with van der Waals surface area (Å²) in [5.41, 5.74) is 3.46. The van der Waals surface area contributed by atoms with Crippen LogP contribution in [0.3, 0.4) is 0 Å². The van der Waals surface area contributed by atoms with Gasteiger partial charge in [0.25, 0.3) is 5.91 Å². The minimum Gasteiger partial charge on any atom is -0.507 e. The molecule has 5 aromatic rings. The van der Waals surface area contributed by atoms with E-state index in [1.165, 1.54) is 0 Å². The highest BCUT2D eigenvalue weighted by atomic mass is 32.1. The molecule has 0 atom stereocenters. The molecule has 7 heteroatoms. The molecule has 33 heavy (non-hydrogen) atoms. The van der Waals surface area contributed by atoms with Crippen LogP contribution in [0.2, 0.25) is 0 Å². The number of aryl methyl sites for hydroxylation is 1. The molecular weight excluding hydrogens is 434 g/mol. The topological polar surface area (TPSA) is 87.4 Å². The van der Waals surface area contributed by atoms with Crippen LogP contribution in [0.15, 0.2) is 83.3 Å². The van der Waals surface area contributed by atoms with Gasteiger partial charge >= 0.3 is 0 Å². The highest BCUT2D eigenvalue weighted by Crippen LogP contribution is 2.36. The van der Waals surface area contributed by atoms with Crippen molar-refractivity contribution in [3.8, 4) is 17.2 Å². The molecule has 0 bridgehead atoms. The highest BCUT2D eigenvalue weighted by Gasteiger charge is 2.16. The van der Waals surface area contributed by atoms with Gasteiger partial charge in [-0.05, 0) is 71.9 Å². The first-order chi connectivity index (χ1) is 16.0. The monoisotopic (exact) mass is 453 g/mol. The van der Waals surface area contributed by atoms with Crippen molar-refractivity contribution in [3.05, 3.63) is 90.0 Å². The number of thiocarbonyl (C=S) groups is 1. The van der Waals surface area contributed by atoms with Crippen molar-refractivity contribution in [1.82, 2.24) is 10.3 Å². The Morgan fingerprint density at radius 3 is 2.55 bits per heavy atom. The Kier molecular flexibility index (Phi) is 5.24. The largest absolute Gasteiger partial charge is 0.507 e. The maximum Gasteiger partial charge on any atom is 0.257 e. The second-order valence-electron chi connectivity index (χ2n) is 7.65. The fraction of sp³-hybridized carbons (Fsp3) is 0.0385. The van der Waals surface area contributed by atoms with Gasteiger partial charge < -0.3 is 14.8 Å². The van der Waals surface area contributed by atoms with Crippen molar-refractivity contribution < 1.29 is 14.3 Å². The van der Waals surface area contributed by atoms with Crippen molar-refractivity contribution in [2.45, 2.75) is 6.92 Å². The Hall–Kier alpha value is -4.23. The number of carbonyl (C=O) groups is 1. The third kappa shape index (κ3) is 4.14. The highest BCUT2D eigenvalue weighted by molar-refractivity contribution is 7.80.